The first kappa shape index (κ1) is 16.4. The summed E-state index contributed by atoms with van der Waals surface area (Å²) < 4.78 is 16.4. The lowest BCUT2D eigenvalue weighted by Crippen LogP contribution is -2.35. The number of rotatable bonds is 6. The summed E-state index contributed by atoms with van der Waals surface area (Å²) in [5, 5.41) is 6.88. The normalized spacial score (nSPS) is 16.5. The Morgan fingerprint density at radius 3 is 2.79 bits per heavy atom. The molecule has 1 aliphatic heterocycles. The standard InChI is InChI=1S/C17H21N3O4/c1-12(21)18-16(13-7-9-22-10-8-13)17-19-15(20-24-17)11-23-14-5-3-2-4-6-14/h2-6,13,16H,7-11H2,1H3,(H,18,21)/t16-/m0/s1. The van der Waals surface area contributed by atoms with Crippen LogP contribution in [0.4, 0.5) is 0 Å². The van der Waals surface area contributed by atoms with Gasteiger partial charge >= 0.3 is 0 Å². The van der Waals surface area contributed by atoms with Gasteiger partial charge in [-0.25, -0.2) is 0 Å². The van der Waals surface area contributed by atoms with E-state index in [1.54, 1.807) is 0 Å². The molecule has 3 rings (SSSR count). The van der Waals surface area contributed by atoms with Crippen LogP contribution in [0.15, 0.2) is 34.9 Å². The molecule has 7 nitrogen and oxygen atoms in total. The van der Waals surface area contributed by atoms with Crippen molar-refractivity contribution in [2.75, 3.05) is 13.2 Å². The van der Waals surface area contributed by atoms with Crippen molar-refractivity contribution < 1.29 is 18.8 Å². The number of nitrogens with zero attached hydrogens (tertiary/aromatic N) is 2. The number of amides is 1. The molecule has 7 heteroatoms. The molecule has 1 aromatic heterocycles. The van der Waals surface area contributed by atoms with Gasteiger partial charge in [0.05, 0.1) is 0 Å². The predicted octanol–water partition coefficient (Wildman–Crippen LogP) is 2.25. The SMILES string of the molecule is CC(=O)N[C@H](c1nc(COc2ccccc2)no1)C1CCOCC1. The summed E-state index contributed by atoms with van der Waals surface area (Å²) in [6.07, 6.45) is 1.70. The molecule has 1 amide bonds. The van der Waals surface area contributed by atoms with Gasteiger partial charge in [-0.3, -0.25) is 4.79 Å². The van der Waals surface area contributed by atoms with Gasteiger partial charge in [0, 0.05) is 20.1 Å². The lowest BCUT2D eigenvalue weighted by Gasteiger charge is -2.28. The lowest BCUT2D eigenvalue weighted by atomic mass is 9.91. The molecule has 1 saturated heterocycles. The quantitative estimate of drug-likeness (QED) is 0.874. The summed E-state index contributed by atoms with van der Waals surface area (Å²) in [5.41, 5.74) is 0. The summed E-state index contributed by atoms with van der Waals surface area (Å²) in [5.74, 6) is 1.73. The second-order valence-corrected chi connectivity index (χ2v) is 5.78. The van der Waals surface area contributed by atoms with E-state index in [0.29, 0.717) is 24.9 Å². The zero-order chi connectivity index (χ0) is 16.8. The highest BCUT2D eigenvalue weighted by Crippen LogP contribution is 2.29. The van der Waals surface area contributed by atoms with Crippen molar-refractivity contribution in [1.82, 2.24) is 15.5 Å². The molecule has 0 unspecified atom stereocenters. The van der Waals surface area contributed by atoms with Crippen LogP contribution in [0.25, 0.3) is 0 Å². The summed E-state index contributed by atoms with van der Waals surface area (Å²) >= 11 is 0. The molecular weight excluding hydrogens is 310 g/mol. The molecule has 2 aromatic rings. The molecular formula is C17H21N3O4. The van der Waals surface area contributed by atoms with Crippen LogP contribution in [-0.2, 0) is 16.1 Å². The van der Waals surface area contributed by atoms with Gasteiger partial charge in [-0.2, -0.15) is 4.98 Å². The second-order valence-electron chi connectivity index (χ2n) is 5.78. The number of para-hydroxylation sites is 1. The minimum atomic E-state index is -0.288. The number of benzene rings is 1. The Morgan fingerprint density at radius 2 is 2.08 bits per heavy atom. The smallest absolute Gasteiger partial charge is 0.249 e. The summed E-state index contributed by atoms with van der Waals surface area (Å²) in [6, 6.07) is 9.16. The van der Waals surface area contributed by atoms with Crippen molar-refractivity contribution in [3.63, 3.8) is 0 Å². The van der Waals surface area contributed by atoms with Gasteiger partial charge in [-0.05, 0) is 30.9 Å². The van der Waals surface area contributed by atoms with Gasteiger partial charge in [0.25, 0.3) is 0 Å². The largest absolute Gasteiger partial charge is 0.485 e. The summed E-state index contributed by atoms with van der Waals surface area (Å²) in [4.78, 5) is 15.9. The molecule has 0 aliphatic carbocycles. The topological polar surface area (TPSA) is 86.5 Å². The van der Waals surface area contributed by atoms with Crippen molar-refractivity contribution >= 4 is 5.91 Å². The second kappa shape index (κ2) is 7.92. The van der Waals surface area contributed by atoms with Gasteiger partial charge in [0.15, 0.2) is 6.61 Å². The molecule has 0 bridgehead atoms. The Kier molecular flexibility index (Phi) is 5.43. The number of aromatic nitrogens is 2. The predicted molar refractivity (Wildman–Crippen MR) is 85.2 cm³/mol. The van der Waals surface area contributed by atoms with Crippen molar-refractivity contribution in [3.8, 4) is 5.75 Å². The van der Waals surface area contributed by atoms with Crippen LogP contribution in [-0.4, -0.2) is 29.3 Å². The minimum Gasteiger partial charge on any atom is -0.485 e. The number of ether oxygens (including phenoxy) is 2. The van der Waals surface area contributed by atoms with Crippen LogP contribution in [0.5, 0.6) is 5.75 Å². The van der Waals surface area contributed by atoms with Crippen molar-refractivity contribution in [2.24, 2.45) is 5.92 Å². The maximum atomic E-state index is 11.5. The number of carbonyl (C=O) groups excluding carboxylic acids is 1. The average molecular weight is 331 g/mol. The Balaban J connectivity index is 1.67. The van der Waals surface area contributed by atoms with Crippen molar-refractivity contribution in [2.45, 2.75) is 32.4 Å². The number of nitrogens with one attached hydrogen (secondary N) is 1. The van der Waals surface area contributed by atoms with E-state index in [1.165, 1.54) is 6.92 Å². The number of hydrogen-bond acceptors (Lipinski definition) is 6. The van der Waals surface area contributed by atoms with Crippen LogP contribution in [0.1, 0.15) is 37.5 Å². The fraction of sp³-hybridized carbons (Fsp3) is 0.471. The lowest BCUT2D eigenvalue weighted by molar-refractivity contribution is -0.120. The highest BCUT2D eigenvalue weighted by atomic mass is 16.5. The van der Waals surface area contributed by atoms with Crippen LogP contribution in [0.2, 0.25) is 0 Å². The van der Waals surface area contributed by atoms with Gasteiger partial charge < -0.3 is 19.3 Å². The van der Waals surface area contributed by atoms with Gasteiger partial charge in [-0.15, -0.1) is 0 Å². The van der Waals surface area contributed by atoms with Gasteiger partial charge in [-0.1, -0.05) is 23.4 Å². The van der Waals surface area contributed by atoms with E-state index in [1.807, 2.05) is 30.3 Å². The van der Waals surface area contributed by atoms with E-state index in [9.17, 15) is 4.79 Å². The summed E-state index contributed by atoms with van der Waals surface area (Å²) in [7, 11) is 0. The Hall–Kier alpha value is -2.41. The van der Waals surface area contributed by atoms with E-state index in [-0.39, 0.29) is 24.5 Å². The Morgan fingerprint density at radius 1 is 1.33 bits per heavy atom. The van der Waals surface area contributed by atoms with E-state index >= 15 is 0 Å². The van der Waals surface area contributed by atoms with Crippen LogP contribution < -0.4 is 10.1 Å². The molecule has 0 saturated carbocycles. The first-order valence-corrected chi connectivity index (χ1v) is 8.07. The molecule has 1 fully saturated rings. The fourth-order valence-corrected chi connectivity index (χ4v) is 2.77. The third-order valence-corrected chi connectivity index (χ3v) is 3.96. The molecule has 2 heterocycles. The molecule has 128 valence electrons. The van der Waals surface area contributed by atoms with Crippen molar-refractivity contribution in [3.05, 3.63) is 42.0 Å². The summed E-state index contributed by atoms with van der Waals surface area (Å²) in [6.45, 7) is 3.06. The van der Waals surface area contributed by atoms with Gasteiger partial charge in [0.1, 0.15) is 11.8 Å². The minimum absolute atomic E-state index is 0.119. The highest BCUT2D eigenvalue weighted by Gasteiger charge is 2.30. The molecule has 1 atom stereocenters. The molecule has 24 heavy (non-hydrogen) atoms. The van der Waals surface area contributed by atoms with Crippen LogP contribution >= 0.6 is 0 Å². The fourth-order valence-electron chi connectivity index (χ4n) is 2.77. The number of carbonyl (C=O) groups is 1. The molecule has 1 N–H and O–H groups in total. The van der Waals surface area contributed by atoms with E-state index in [0.717, 1.165) is 18.6 Å². The average Bonchev–Trinajstić information content (AvgIpc) is 3.08. The maximum Gasteiger partial charge on any atom is 0.249 e. The van der Waals surface area contributed by atoms with Crippen LogP contribution in [0, 0.1) is 5.92 Å². The Bertz CT molecular complexity index is 653. The first-order valence-electron chi connectivity index (χ1n) is 8.07. The zero-order valence-electron chi connectivity index (χ0n) is 13.6. The van der Waals surface area contributed by atoms with E-state index < -0.39 is 0 Å². The monoisotopic (exact) mass is 331 g/mol. The molecule has 1 aromatic carbocycles. The third-order valence-electron chi connectivity index (χ3n) is 3.96. The molecule has 0 spiro atoms. The molecule has 1 aliphatic rings. The van der Waals surface area contributed by atoms with Crippen molar-refractivity contribution in [1.29, 1.82) is 0 Å². The van der Waals surface area contributed by atoms with Gasteiger partial charge in [0.2, 0.25) is 17.6 Å². The third kappa shape index (κ3) is 4.32. The first-order chi connectivity index (χ1) is 11.7. The zero-order valence-corrected chi connectivity index (χ0v) is 13.6. The highest BCUT2D eigenvalue weighted by molar-refractivity contribution is 5.73. The van der Waals surface area contributed by atoms with Crippen LogP contribution in [0.3, 0.4) is 0 Å². The van der Waals surface area contributed by atoms with E-state index in [4.69, 9.17) is 14.0 Å². The van der Waals surface area contributed by atoms with E-state index in [2.05, 4.69) is 15.5 Å². The number of hydrogen-bond donors (Lipinski definition) is 1. The Labute approximate surface area is 140 Å². The molecule has 0 radical (unpaired) electrons. The maximum absolute atomic E-state index is 11.5.